The molecule has 3 heteroatoms. The number of hydrogen-bond acceptors (Lipinski definition) is 2. The molecule has 100 valence electrons. The molecule has 0 aliphatic carbocycles. The fraction of sp³-hybridized carbons (Fsp3) is 0.250. The lowest BCUT2D eigenvalue weighted by atomic mass is 10.2. The SMILES string of the molecule is Cc1cccc(NCCOc2ccc(F)c(C)c2)c1. The van der Waals surface area contributed by atoms with Gasteiger partial charge in [-0.15, -0.1) is 0 Å². The number of halogens is 1. The summed E-state index contributed by atoms with van der Waals surface area (Å²) < 4.78 is 18.6. The molecular weight excluding hydrogens is 241 g/mol. The van der Waals surface area contributed by atoms with E-state index in [4.69, 9.17) is 4.74 Å². The first-order valence-corrected chi connectivity index (χ1v) is 6.34. The van der Waals surface area contributed by atoms with Crippen molar-refractivity contribution in [1.29, 1.82) is 0 Å². The maximum atomic E-state index is 13.1. The molecule has 0 atom stereocenters. The van der Waals surface area contributed by atoms with Crippen LogP contribution >= 0.6 is 0 Å². The summed E-state index contributed by atoms with van der Waals surface area (Å²) in [5.41, 5.74) is 2.91. The predicted octanol–water partition coefficient (Wildman–Crippen LogP) is 3.93. The third kappa shape index (κ3) is 3.98. The Balaban J connectivity index is 1.79. The Morgan fingerprint density at radius 3 is 2.68 bits per heavy atom. The van der Waals surface area contributed by atoms with E-state index in [1.54, 1.807) is 19.1 Å². The van der Waals surface area contributed by atoms with E-state index >= 15 is 0 Å². The number of hydrogen-bond donors (Lipinski definition) is 1. The summed E-state index contributed by atoms with van der Waals surface area (Å²) in [7, 11) is 0. The number of benzene rings is 2. The smallest absolute Gasteiger partial charge is 0.126 e. The zero-order chi connectivity index (χ0) is 13.7. The highest BCUT2D eigenvalue weighted by atomic mass is 19.1. The fourth-order valence-electron chi connectivity index (χ4n) is 1.83. The molecule has 2 rings (SSSR count). The molecule has 1 N–H and O–H groups in total. The Kier molecular flexibility index (Phi) is 4.39. The Labute approximate surface area is 113 Å². The molecule has 0 saturated heterocycles. The highest BCUT2D eigenvalue weighted by Gasteiger charge is 1.99. The van der Waals surface area contributed by atoms with Crippen LogP contribution in [0.1, 0.15) is 11.1 Å². The number of rotatable bonds is 5. The molecule has 2 nitrogen and oxygen atoms in total. The monoisotopic (exact) mass is 259 g/mol. The summed E-state index contributed by atoms with van der Waals surface area (Å²) in [6.45, 7) is 5.04. The standard InChI is InChI=1S/C16H18FNO/c1-12-4-3-5-14(10-12)18-8-9-19-15-6-7-16(17)13(2)11-15/h3-7,10-11,18H,8-9H2,1-2H3. The fourth-order valence-corrected chi connectivity index (χ4v) is 1.83. The molecule has 0 fully saturated rings. The van der Waals surface area contributed by atoms with Crippen LogP contribution in [-0.2, 0) is 0 Å². The molecule has 0 heterocycles. The van der Waals surface area contributed by atoms with Crippen molar-refractivity contribution in [1.82, 2.24) is 0 Å². The van der Waals surface area contributed by atoms with Crippen molar-refractivity contribution < 1.29 is 9.13 Å². The van der Waals surface area contributed by atoms with Gasteiger partial charge in [0.25, 0.3) is 0 Å². The minimum Gasteiger partial charge on any atom is -0.492 e. The average molecular weight is 259 g/mol. The van der Waals surface area contributed by atoms with Crippen LogP contribution in [0.25, 0.3) is 0 Å². The first kappa shape index (κ1) is 13.4. The average Bonchev–Trinajstić information content (AvgIpc) is 2.39. The van der Waals surface area contributed by atoms with E-state index in [1.807, 2.05) is 12.1 Å². The lowest BCUT2D eigenvalue weighted by molar-refractivity contribution is 0.332. The van der Waals surface area contributed by atoms with Gasteiger partial charge in [-0.05, 0) is 55.3 Å². The summed E-state index contributed by atoms with van der Waals surface area (Å²) in [6.07, 6.45) is 0. The molecule has 0 unspecified atom stereocenters. The minimum atomic E-state index is -0.203. The quantitative estimate of drug-likeness (QED) is 0.821. The van der Waals surface area contributed by atoms with E-state index < -0.39 is 0 Å². The molecule has 0 amide bonds. The van der Waals surface area contributed by atoms with Crippen LogP contribution in [0.2, 0.25) is 0 Å². The first-order valence-electron chi connectivity index (χ1n) is 6.34. The molecular formula is C16H18FNO. The zero-order valence-electron chi connectivity index (χ0n) is 11.2. The maximum Gasteiger partial charge on any atom is 0.126 e. The van der Waals surface area contributed by atoms with Gasteiger partial charge in [0.1, 0.15) is 18.2 Å². The van der Waals surface area contributed by atoms with E-state index in [9.17, 15) is 4.39 Å². The first-order chi connectivity index (χ1) is 9.15. The van der Waals surface area contributed by atoms with Gasteiger partial charge in [-0.2, -0.15) is 0 Å². The molecule has 0 saturated carbocycles. The van der Waals surface area contributed by atoms with Crippen molar-refractivity contribution in [2.45, 2.75) is 13.8 Å². The van der Waals surface area contributed by atoms with Gasteiger partial charge in [-0.1, -0.05) is 12.1 Å². The largest absolute Gasteiger partial charge is 0.492 e. The van der Waals surface area contributed by atoms with Crippen LogP contribution in [0, 0.1) is 19.7 Å². The van der Waals surface area contributed by atoms with Gasteiger partial charge in [-0.3, -0.25) is 0 Å². The van der Waals surface area contributed by atoms with E-state index in [2.05, 4.69) is 24.4 Å². The van der Waals surface area contributed by atoms with Crippen molar-refractivity contribution in [2.75, 3.05) is 18.5 Å². The number of ether oxygens (including phenoxy) is 1. The molecule has 2 aromatic carbocycles. The summed E-state index contributed by atoms with van der Waals surface area (Å²) in [4.78, 5) is 0. The molecule has 19 heavy (non-hydrogen) atoms. The molecule has 0 bridgehead atoms. The van der Waals surface area contributed by atoms with Gasteiger partial charge in [0, 0.05) is 12.2 Å². The highest BCUT2D eigenvalue weighted by Crippen LogP contribution is 2.16. The van der Waals surface area contributed by atoms with Crippen molar-refractivity contribution >= 4 is 5.69 Å². The van der Waals surface area contributed by atoms with Crippen molar-refractivity contribution in [3.05, 3.63) is 59.4 Å². The second kappa shape index (κ2) is 6.23. The Morgan fingerprint density at radius 2 is 1.95 bits per heavy atom. The summed E-state index contributed by atoms with van der Waals surface area (Å²) >= 11 is 0. The minimum absolute atomic E-state index is 0.203. The van der Waals surface area contributed by atoms with E-state index in [-0.39, 0.29) is 5.82 Å². The van der Waals surface area contributed by atoms with Crippen molar-refractivity contribution in [3.8, 4) is 5.75 Å². The molecule has 0 aliphatic heterocycles. The van der Waals surface area contributed by atoms with Crippen molar-refractivity contribution in [3.63, 3.8) is 0 Å². The van der Waals surface area contributed by atoms with E-state index in [1.165, 1.54) is 11.6 Å². The van der Waals surface area contributed by atoms with Crippen LogP contribution in [0.4, 0.5) is 10.1 Å². The van der Waals surface area contributed by atoms with Crippen molar-refractivity contribution in [2.24, 2.45) is 0 Å². The number of anilines is 1. The van der Waals surface area contributed by atoms with Gasteiger partial charge in [-0.25, -0.2) is 4.39 Å². The Morgan fingerprint density at radius 1 is 1.11 bits per heavy atom. The van der Waals surface area contributed by atoms with Crippen LogP contribution in [0.3, 0.4) is 0 Å². The zero-order valence-corrected chi connectivity index (χ0v) is 11.2. The molecule has 2 aromatic rings. The van der Waals surface area contributed by atoms with Gasteiger partial charge in [0.05, 0.1) is 0 Å². The number of aryl methyl sites for hydroxylation is 2. The van der Waals surface area contributed by atoms with Crippen LogP contribution in [-0.4, -0.2) is 13.2 Å². The lowest BCUT2D eigenvalue weighted by Gasteiger charge is -2.09. The summed E-state index contributed by atoms with van der Waals surface area (Å²) in [5, 5.41) is 3.28. The van der Waals surface area contributed by atoms with Crippen LogP contribution in [0.15, 0.2) is 42.5 Å². The lowest BCUT2D eigenvalue weighted by Crippen LogP contribution is -2.11. The normalized spacial score (nSPS) is 10.3. The maximum absolute atomic E-state index is 13.1. The topological polar surface area (TPSA) is 21.3 Å². The predicted molar refractivity (Wildman–Crippen MR) is 76.3 cm³/mol. The van der Waals surface area contributed by atoms with E-state index in [0.29, 0.717) is 24.5 Å². The number of nitrogens with one attached hydrogen (secondary N) is 1. The van der Waals surface area contributed by atoms with Crippen LogP contribution < -0.4 is 10.1 Å². The van der Waals surface area contributed by atoms with Gasteiger partial charge in [0.15, 0.2) is 0 Å². The van der Waals surface area contributed by atoms with E-state index in [0.717, 1.165) is 5.69 Å². The highest BCUT2D eigenvalue weighted by molar-refractivity contribution is 5.45. The second-order valence-electron chi connectivity index (χ2n) is 4.56. The summed E-state index contributed by atoms with van der Waals surface area (Å²) in [5.74, 6) is 0.496. The molecule has 0 radical (unpaired) electrons. The van der Waals surface area contributed by atoms with Gasteiger partial charge >= 0.3 is 0 Å². The van der Waals surface area contributed by atoms with Crippen LogP contribution in [0.5, 0.6) is 5.75 Å². The summed E-state index contributed by atoms with van der Waals surface area (Å²) in [6, 6.07) is 13.0. The molecule has 0 spiro atoms. The third-order valence-corrected chi connectivity index (χ3v) is 2.85. The van der Waals surface area contributed by atoms with Gasteiger partial charge in [0.2, 0.25) is 0 Å². The van der Waals surface area contributed by atoms with Gasteiger partial charge < -0.3 is 10.1 Å². The third-order valence-electron chi connectivity index (χ3n) is 2.85. The Bertz CT molecular complexity index is 554. The Hall–Kier alpha value is -2.03. The second-order valence-corrected chi connectivity index (χ2v) is 4.56. The molecule has 0 aliphatic rings. The molecule has 0 aromatic heterocycles.